The molecule has 1 atom stereocenters. The molecule has 29 heavy (non-hydrogen) atoms. The molecule has 2 heterocycles. The lowest BCUT2D eigenvalue weighted by atomic mass is 10.1. The Morgan fingerprint density at radius 2 is 1.79 bits per heavy atom. The summed E-state index contributed by atoms with van der Waals surface area (Å²) in [5.74, 6) is -0.406. The highest BCUT2D eigenvalue weighted by atomic mass is 127. The Morgan fingerprint density at radius 3 is 2.52 bits per heavy atom. The molecule has 152 valence electrons. The van der Waals surface area contributed by atoms with E-state index in [9.17, 15) is 19.5 Å². The van der Waals surface area contributed by atoms with E-state index in [1.807, 2.05) is 24.3 Å². The van der Waals surface area contributed by atoms with E-state index >= 15 is 0 Å². The number of carbonyl (C=O) groups is 2. The maximum absolute atomic E-state index is 12.1. The molecule has 0 bridgehead atoms. The summed E-state index contributed by atoms with van der Waals surface area (Å²) < 4.78 is 1.11. The average Bonchev–Trinajstić information content (AvgIpc) is 3.07. The van der Waals surface area contributed by atoms with Crippen molar-refractivity contribution < 1.29 is 14.7 Å². The third-order valence-corrected chi connectivity index (χ3v) is 4.92. The summed E-state index contributed by atoms with van der Waals surface area (Å²) in [6.45, 7) is -0.192. The van der Waals surface area contributed by atoms with E-state index in [0.29, 0.717) is 17.6 Å². The van der Waals surface area contributed by atoms with Gasteiger partial charge in [-0.2, -0.15) is 0 Å². The van der Waals surface area contributed by atoms with Gasteiger partial charge in [-0.3, -0.25) is 14.6 Å². The molecule has 0 saturated heterocycles. The number of carbonyl (C=O) groups excluding carboxylic acids is 2. The topological polar surface area (TPSA) is 140 Å². The van der Waals surface area contributed by atoms with E-state index in [-0.39, 0.29) is 42.8 Å². The predicted octanol–water partition coefficient (Wildman–Crippen LogP) is 1.29. The van der Waals surface area contributed by atoms with Crippen LogP contribution in [0.15, 0.2) is 41.2 Å². The number of nitrogens with zero attached hydrogens (tertiary/aromatic N) is 1. The largest absolute Gasteiger partial charge is 0.394 e. The van der Waals surface area contributed by atoms with E-state index in [0.717, 1.165) is 9.13 Å². The number of aliphatic hydroxyl groups is 1. The molecule has 5 N–H and O–H groups in total. The first-order valence-corrected chi connectivity index (χ1v) is 10.0. The van der Waals surface area contributed by atoms with Crippen LogP contribution in [0.5, 0.6) is 0 Å². The Labute approximate surface area is 179 Å². The SMILES string of the molecule is O=C(CCC(=O)NC(CO)Cc1ccc(I)cc1)Nc1ccc2[nH]c(=O)[nH]c2n1. The summed E-state index contributed by atoms with van der Waals surface area (Å²) in [5, 5.41) is 14.9. The van der Waals surface area contributed by atoms with Gasteiger partial charge in [0.1, 0.15) is 5.82 Å². The number of hydrogen-bond acceptors (Lipinski definition) is 5. The van der Waals surface area contributed by atoms with Gasteiger partial charge in [-0.1, -0.05) is 12.1 Å². The number of fused-ring (bicyclic) bond motifs is 1. The van der Waals surface area contributed by atoms with Crippen LogP contribution >= 0.6 is 22.6 Å². The molecular formula is C19H20IN5O4. The summed E-state index contributed by atoms with van der Waals surface area (Å²) in [5.41, 5.74) is 1.51. The van der Waals surface area contributed by atoms with Gasteiger partial charge in [0.15, 0.2) is 5.65 Å². The Morgan fingerprint density at radius 1 is 1.07 bits per heavy atom. The zero-order valence-corrected chi connectivity index (χ0v) is 17.5. The van der Waals surface area contributed by atoms with Crippen molar-refractivity contribution in [2.24, 2.45) is 0 Å². The minimum absolute atomic E-state index is 0.0156. The van der Waals surface area contributed by atoms with Gasteiger partial charge in [0.2, 0.25) is 11.8 Å². The minimum atomic E-state index is -0.417. The zero-order chi connectivity index (χ0) is 20.8. The van der Waals surface area contributed by atoms with Gasteiger partial charge in [-0.15, -0.1) is 0 Å². The quantitative estimate of drug-likeness (QED) is 0.291. The van der Waals surface area contributed by atoms with Crippen molar-refractivity contribution in [2.45, 2.75) is 25.3 Å². The van der Waals surface area contributed by atoms with Gasteiger partial charge in [-0.25, -0.2) is 9.78 Å². The van der Waals surface area contributed by atoms with Gasteiger partial charge < -0.3 is 20.7 Å². The number of H-pyrrole nitrogens is 2. The van der Waals surface area contributed by atoms with Crippen molar-refractivity contribution in [1.29, 1.82) is 0 Å². The number of nitrogens with one attached hydrogen (secondary N) is 4. The van der Waals surface area contributed by atoms with E-state index in [1.165, 1.54) is 0 Å². The molecule has 1 unspecified atom stereocenters. The molecule has 0 spiro atoms. The van der Waals surface area contributed by atoms with Gasteiger partial charge in [0, 0.05) is 16.4 Å². The fourth-order valence-corrected chi connectivity index (χ4v) is 3.14. The number of rotatable bonds is 8. The molecule has 0 radical (unpaired) electrons. The summed E-state index contributed by atoms with van der Waals surface area (Å²) >= 11 is 2.21. The van der Waals surface area contributed by atoms with E-state index in [4.69, 9.17) is 0 Å². The number of pyridine rings is 1. The van der Waals surface area contributed by atoms with Crippen molar-refractivity contribution in [2.75, 3.05) is 11.9 Å². The summed E-state index contributed by atoms with van der Waals surface area (Å²) in [6, 6.07) is 10.6. The monoisotopic (exact) mass is 509 g/mol. The van der Waals surface area contributed by atoms with Crippen molar-refractivity contribution in [3.63, 3.8) is 0 Å². The highest BCUT2D eigenvalue weighted by Crippen LogP contribution is 2.11. The maximum Gasteiger partial charge on any atom is 0.325 e. The number of hydrogen-bond donors (Lipinski definition) is 5. The summed E-state index contributed by atoms with van der Waals surface area (Å²) in [6.07, 6.45) is 0.458. The molecule has 0 fully saturated rings. The fourth-order valence-electron chi connectivity index (χ4n) is 2.78. The predicted molar refractivity (Wildman–Crippen MR) is 116 cm³/mol. The first kappa shape index (κ1) is 21.0. The number of aliphatic hydroxyl groups excluding tert-OH is 1. The van der Waals surface area contributed by atoms with Crippen LogP contribution in [0.1, 0.15) is 18.4 Å². The second kappa shape index (κ2) is 9.65. The standard InChI is InChI=1S/C19H20IN5O4/c20-12-3-1-11(2-4-12)9-13(10-26)21-16(27)7-8-17(28)23-15-6-5-14-18(24-15)25-19(29)22-14/h1-6,13,26H,7-10H2,(H,21,27)(H3,22,23,24,25,28,29). The highest BCUT2D eigenvalue weighted by molar-refractivity contribution is 14.1. The Bertz CT molecular complexity index is 1060. The fraction of sp³-hybridized carbons (Fsp3) is 0.263. The normalized spacial score (nSPS) is 11.9. The van der Waals surface area contributed by atoms with Gasteiger partial charge >= 0.3 is 5.69 Å². The first-order valence-electron chi connectivity index (χ1n) is 8.96. The van der Waals surface area contributed by atoms with Crippen LogP contribution < -0.4 is 16.3 Å². The maximum atomic E-state index is 12.1. The van der Waals surface area contributed by atoms with Crippen molar-refractivity contribution >= 4 is 51.4 Å². The third kappa shape index (κ3) is 6.12. The molecule has 0 saturated carbocycles. The van der Waals surface area contributed by atoms with Crippen molar-refractivity contribution in [3.05, 3.63) is 56.0 Å². The lowest BCUT2D eigenvalue weighted by Gasteiger charge is -2.16. The second-order valence-electron chi connectivity index (χ2n) is 6.50. The van der Waals surface area contributed by atoms with Crippen molar-refractivity contribution in [1.82, 2.24) is 20.3 Å². The average molecular weight is 509 g/mol. The smallest absolute Gasteiger partial charge is 0.325 e. The third-order valence-electron chi connectivity index (χ3n) is 4.20. The van der Waals surface area contributed by atoms with Crippen LogP contribution in [-0.4, -0.2) is 44.5 Å². The van der Waals surface area contributed by atoms with Crippen LogP contribution in [0, 0.1) is 3.57 Å². The first-order chi connectivity index (χ1) is 13.9. The molecule has 0 aliphatic rings. The lowest BCUT2D eigenvalue weighted by Crippen LogP contribution is -2.39. The number of amides is 2. The van der Waals surface area contributed by atoms with Gasteiger partial charge in [0.05, 0.1) is 18.2 Å². The number of imidazole rings is 1. The molecule has 0 aliphatic heterocycles. The van der Waals surface area contributed by atoms with Crippen LogP contribution in [0.25, 0.3) is 11.2 Å². The van der Waals surface area contributed by atoms with Crippen LogP contribution in [-0.2, 0) is 16.0 Å². The summed E-state index contributed by atoms with van der Waals surface area (Å²) in [4.78, 5) is 44.6. The van der Waals surface area contributed by atoms with E-state index in [1.54, 1.807) is 12.1 Å². The number of aromatic amines is 2. The Kier molecular flexibility index (Phi) is 6.99. The van der Waals surface area contributed by atoms with Gasteiger partial charge in [-0.05, 0) is 58.8 Å². The molecule has 3 rings (SSSR count). The molecule has 2 amide bonds. The number of benzene rings is 1. The molecule has 9 nitrogen and oxygen atoms in total. The second-order valence-corrected chi connectivity index (χ2v) is 7.74. The number of aromatic nitrogens is 3. The summed E-state index contributed by atoms with van der Waals surface area (Å²) in [7, 11) is 0. The lowest BCUT2D eigenvalue weighted by molar-refractivity contribution is -0.125. The Hall–Kier alpha value is -2.73. The van der Waals surface area contributed by atoms with Crippen molar-refractivity contribution in [3.8, 4) is 0 Å². The molecular weight excluding hydrogens is 489 g/mol. The van der Waals surface area contributed by atoms with E-state index in [2.05, 4.69) is 48.2 Å². The molecule has 0 aliphatic carbocycles. The zero-order valence-electron chi connectivity index (χ0n) is 15.4. The van der Waals surface area contributed by atoms with Crippen LogP contribution in [0.4, 0.5) is 5.82 Å². The highest BCUT2D eigenvalue weighted by Gasteiger charge is 2.14. The Balaban J connectivity index is 1.47. The van der Waals surface area contributed by atoms with E-state index < -0.39 is 6.04 Å². The van der Waals surface area contributed by atoms with Crippen LogP contribution in [0.3, 0.4) is 0 Å². The molecule has 1 aromatic carbocycles. The molecule has 3 aromatic rings. The van der Waals surface area contributed by atoms with Crippen LogP contribution in [0.2, 0.25) is 0 Å². The molecule has 10 heteroatoms. The number of halogens is 1. The molecule has 2 aromatic heterocycles. The minimum Gasteiger partial charge on any atom is -0.394 e. The van der Waals surface area contributed by atoms with Gasteiger partial charge in [0.25, 0.3) is 0 Å². The number of anilines is 1.